The Kier molecular flexibility index (Phi) is 3.89. The zero-order valence-electron chi connectivity index (χ0n) is 10.9. The molecule has 0 unspecified atom stereocenters. The topological polar surface area (TPSA) is 69.6 Å². The van der Waals surface area contributed by atoms with Crippen LogP contribution in [0.1, 0.15) is 21.5 Å². The van der Waals surface area contributed by atoms with Crippen LogP contribution in [0.5, 0.6) is 5.75 Å². The number of anilines is 1. The van der Waals surface area contributed by atoms with Gasteiger partial charge in [-0.15, -0.1) is 0 Å². The molecular formula is C15H14FNO3. The molecule has 5 heteroatoms. The fourth-order valence-corrected chi connectivity index (χ4v) is 1.85. The molecule has 0 aliphatic rings. The lowest BCUT2D eigenvalue weighted by molar-refractivity contribution is 0.0697. The number of aromatic carboxylic acids is 1. The summed E-state index contributed by atoms with van der Waals surface area (Å²) in [4.78, 5) is 10.8. The van der Waals surface area contributed by atoms with E-state index in [4.69, 9.17) is 10.2 Å². The number of hydrogen-bond donors (Lipinski definition) is 3. The Bertz CT molecular complexity index is 656. The molecule has 0 saturated carbocycles. The summed E-state index contributed by atoms with van der Waals surface area (Å²) in [7, 11) is 0. The van der Waals surface area contributed by atoms with Gasteiger partial charge in [0.05, 0.1) is 5.56 Å². The van der Waals surface area contributed by atoms with Crippen molar-refractivity contribution in [2.45, 2.75) is 13.5 Å². The van der Waals surface area contributed by atoms with Crippen molar-refractivity contribution in [2.75, 3.05) is 5.32 Å². The van der Waals surface area contributed by atoms with Crippen LogP contribution in [0.25, 0.3) is 0 Å². The summed E-state index contributed by atoms with van der Waals surface area (Å²) >= 11 is 0. The Morgan fingerprint density at radius 3 is 2.60 bits per heavy atom. The first-order valence-corrected chi connectivity index (χ1v) is 6.02. The second-order valence-corrected chi connectivity index (χ2v) is 4.47. The molecule has 3 N–H and O–H groups in total. The van der Waals surface area contributed by atoms with Crippen molar-refractivity contribution in [3.8, 4) is 5.75 Å². The molecule has 0 atom stereocenters. The third kappa shape index (κ3) is 3.06. The Labute approximate surface area is 115 Å². The van der Waals surface area contributed by atoms with Gasteiger partial charge in [-0.1, -0.05) is 6.07 Å². The van der Waals surface area contributed by atoms with Gasteiger partial charge in [-0.3, -0.25) is 0 Å². The van der Waals surface area contributed by atoms with E-state index in [-0.39, 0.29) is 11.3 Å². The maximum atomic E-state index is 13.2. The highest BCUT2D eigenvalue weighted by molar-refractivity contribution is 5.88. The maximum absolute atomic E-state index is 13.2. The molecule has 0 aliphatic heterocycles. The van der Waals surface area contributed by atoms with Crippen molar-refractivity contribution < 1.29 is 19.4 Å². The normalized spacial score (nSPS) is 10.3. The first kappa shape index (κ1) is 13.9. The lowest BCUT2D eigenvalue weighted by Crippen LogP contribution is -2.03. The molecule has 4 nitrogen and oxygen atoms in total. The number of halogens is 1. The predicted octanol–water partition coefficient (Wildman–Crippen LogP) is 3.15. The number of hydrogen-bond acceptors (Lipinski definition) is 3. The summed E-state index contributed by atoms with van der Waals surface area (Å²) in [5.41, 5.74) is 2.48. The van der Waals surface area contributed by atoms with Crippen molar-refractivity contribution in [3.63, 3.8) is 0 Å². The number of aromatic hydroxyl groups is 1. The average molecular weight is 275 g/mol. The van der Waals surface area contributed by atoms with E-state index in [2.05, 4.69) is 5.32 Å². The van der Waals surface area contributed by atoms with Gasteiger partial charge < -0.3 is 15.5 Å². The van der Waals surface area contributed by atoms with E-state index in [1.807, 2.05) is 0 Å². The van der Waals surface area contributed by atoms with Gasteiger partial charge in [0.15, 0.2) is 11.6 Å². The van der Waals surface area contributed by atoms with Crippen LogP contribution in [-0.2, 0) is 6.54 Å². The number of aryl methyl sites for hydroxylation is 1. The molecule has 20 heavy (non-hydrogen) atoms. The molecule has 2 rings (SSSR count). The third-order valence-electron chi connectivity index (χ3n) is 2.97. The predicted molar refractivity (Wildman–Crippen MR) is 73.5 cm³/mol. The van der Waals surface area contributed by atoms with E-state index in [9.17, 15) is 9.18 Å². The number of phenolic OH excluding ortho intramolecular Hbond substituents is 1. The summed E-state index contributed by atoms with van der Waals surface area (Å²) in [5, 5.41) is 21.1. The third-order valence-corrected chi connectivity index (χ3v) is 2.97. The molecule has 2 aromatic carbocycles. The Morgan fingerprint density at radius 2 is 2.00 bits per heavy atom. The largest absolute Gasteiger partial charge is 0.505 e. The molecule has 0 fully saturated rings. The molecule has 0 heterocycles. The first-order valence-electron chi connectivity index (χ1n) is 6.02. The highest BCUT2D eigenvalue weighted by Crippen LogP contribution is 2.20. The van der Waals surface area contributed by atoms with Crippen molar-refractivity contribution in [1.29, 1.82) is 0 Å². The van der Waals surface area contributed by atoms with Gasteiger partial charge in [0.2, 0.25) is 0 Å². The van der Waals surface area contributed by atoms with E-state index < -0.39 is 11.8 Å². The Balaban J connectivity index is 2.10. The fourth-order valence-electron chi connectivity index (χ4n) is 1.85. The number of carbonyl (C=O) groups is 1. The van der Waals surface area contributed by atoms with Crippen LogP contribution >= 0.6 is 0 Å². The minimum absolute atomic E-state index is 0.226. The smallest absolute Gasteiger partial charge is 0.335 e. The molecule has 0 aromatic heterocycles. The number of phenols is 1. The van der Waals surface area contributed by atoms with Crippen LogP contribution in [0.4, 0.5) is 10.1 Å². The summed E-state index contributed by atoms with van der Waals surface area (Å²) < 4.78 is 13.2. The van der Waals surface area contributed by atoms with Crippen LogP contribution in [0.15, 0.2) is 36.4 Å². The van der Waals surface area contributed by atoms with E-state index in [1.165, 1.54) is 18.2 Å². The summed E-state index contributed by atoms with van der Waals surface area (Å²) in [6.45, 7) is 2.18. The number of carboxylic acids is 1. The monoisotopic (exact) mass is 275 g/mol. The van der Waals surface area contributed by atoms with Gasteiger partial charge in [-0.25, -0.2) is 9.18 Å². The molecule has 0 bridgehead atoms. The van der Waals surface area contributed by atoms with Crippen molar-refractivity contribution in [3.05, 3.63) is 58.9 Å². The van der Waals surface area contributed by atoms with Gasteiger partial charge in [0.1, 0.15) is 0 Å². The Hall–Kier alpha value is -2.56. The highest BCUT2D eigenvalue weighted by Gasteiger charge is 2.06. The van der Waals surface area contributed by atoms with Gasteiger partial charge in [0, 0.05) is 12.2 Å². The summed E-state index contributed by atoms with van der Waals surface area (Å²) in [5.74, 6) is -2.02. The molecule has 0 saturated heterocycles. The van der Waals surface area contributed by atoms with Crippen molar-refractivity contribution >= 4 is 11.7 Å². The van der Waals surface area contributed by atoms with E-state index in [0.29, 0.717) is 12.1 Å². The van der Waals surface area contributed by atoms with Crippen LogP contribution in [0.2, 0.25) is 0 Å². The molecule has 0 amide bonds. The molecule has 2 aromatic rings. The molecule has 0 radical (unpaired) electrons. The quantitative estimate of drug-likeness (QED) is 0.801. The van der Waals surface area contributed by atoms with Crippen molar-refractivity contribution in [1.82, 2.24) is 0 Å². The zero-order valence-corrected chi connectivity index (χ0v) is 10.9. The molecule has 0 aliphatic carbocycles. The number of carboxylic acid groups (broad SMARTS) is 1. The second-order valence-electron chi connectivity index (χ2n) is 4.47. The van der Waals surface area contributed by atoms with Crippen LogP contribution in [0, 0.1) is 12.7 Å². The van der Waals surface area contributed by atoms with E-state index >= 15 is 0 Å². The van der Waals surface area contributed by atoms with Crippen LogP contribution < -0.4 is 5.32 Å². The SMILES string of the molecule is Cc1cc(C(=O)O)ccc1NCc1ccc(O)c(F)c1. The van der Waals surface area contributed by atoms with Crippen LogP contribution in [0.3, 0.4) is 0 Å². The van der Waals surface area contributed by atoms with Gasteiger partial charge in [0.25, 0.3) is 0 Å². The highest BCUT2D eigenvalue weighted by atomic mass is 19.1. The maximum Gasteiger partial charge on any atom is 0.335 e. The first-order chi connectivity index (χ1) is 9.47. The van der Waals surface area contributed by atoms with E-state index in [1.54, 1.807) is 25.1 Å². The summed E-state index contributed by atoms with van der Waals surface area (Å²) in [6, 6.07) is 8.93. The minimum Gasteiger partial charge on any atom is -0.505 e. The zero-order chi connectivity index (χ0) is 14.7. The minimum atomic E-state index is -0.972. The van der Waals surface area contributed by atoms with Gasteiger partial charge in [-0.05, 0) is 48.4 Å². The lowest BCUT2D eigenvalue weighted by Gasteiger charge is -2.10. The molecular weight excluding hydrogens is 261 g/mol. The number of rotatable bonds is 4. The molecule has 104 valence electrons. The second kappa shape index (κ2) is 5.61. The standard InChI is InChI=1S/C15H14FNO3/c1-9-6-11(15(19)20)3-4-13(9)17-8-10-2-5-14(18)12(16)7-10/h2-7,17-18H,8H2,1H3,(H,19,20). The number of benzene rings is 2. The van der Waals surface area contributed by atoms with Gasteiger partial charge >= 0.3 is 5.97 Å². The Morgan fingerprint density at radius 1 is 1.25 bits per heavy atom. The summed E-state index contributed by atoms with van der Waals surface area (Å²) in [6.07, 6.45) is 0. The van der Waals surface area contributed by atoms with Crippen LogP contribution in [-0.4, -0.2) is 16.2 Å². The van der Waals surface area contributed by atoms with E-state index in [0.717, 1.165) is 11.3 Å². The average Bonchev–Trinajstić information content (AvgIpc) is 2.41. The van der Waals surface area contributed by atoms with Gasteiger partial charge in [-0.2, -0.15) is 0 Å². The lowest BCUT2D eigenvalue weighted by atomic mass is 10.1. The fraction of sp³-hybridized carbons (Fsp3) is 0.133. The molecule has 0 spiro atoms. The van der Waals surface area contributed by atoms with Crippen molar-refractivity contribution in [2.24, 2.45) is 0 Å². The number of nitrogens with one attached hydrogen (secondary N) is 1.